The Kier molecular flexibility index (Phi) is 5.13. The average Bonchev–Trinajstić information content (AvgIpc) is 3.32. The normalized spacial score (nSPS) is 16.6. The summed E-state index contributed by atoms with van der Waals surface area (Å²) in [7, 11) is 1.61. The van der Waals surface area contributed by atoms with E-state index in [1.54, 1.807) is 24.1 Å². The Morgan fingerprint density at radius 2 is 2.14 bits per heavy atom. The molecule has 6 nitrogen and oxygen atoms in total. The molecule has 0 radical (unpaired) electrons. The van der Waals surface area contributed by atoms with E-state index >= 15 is 0 Å². The van der Waals surface area contributed by atoms with Crippen molar-refractivity contribution in [2.45, 2.75) is 18.9 Å². The van der Waals surface area contributed by atoms with Crippen molar-refractivity contribution in [2.75, 3.05) is 13.7 Å². The molecule has 0 bridgehead atoms. The predicted molar refractivity (Wildman–Crippen MR) is 103 cm³/mol. The first-order chi connectivity index (χ1) is 13.5. The third-order valence-electron chi connectivity index (χ3n) is 4.74. The van der Waals surface area contributed by atoms with E-state index in [4.69, 9.17) is 9.26 Å². The number of carbonyl (C=O) groups excluding carboxylic acids is 1. The molecule has 1 saturated heterocycles. The SMILES string of the molecule is COc1ccccc1CN1CC(c2nc(-c3ccc(F)c(Br)c3)no2)CC1=O. The second-order valence-corrected chi connectivity index (χ2v) is 7.43. The summed E-state index contributed by atoms with van der Waals surface area (Å²) in [4.78, 5) is 18.7. The van der Waals surface area contributed by atoms with Gasteiger partial charge < -0.3 is 14.2 Å². The van der Waals surface area contributed by atoms with E-state index in [0.29, 0.717) is 41.3 Å². The number of likely N-dealkylation sites (tertiary alicyclic amines) is 1. The number of rotatable bonds is 5. The fraction of sp³-hybridized carbons (Fsp3) is 0.250. The quantitative estimate of drug-likeness (QED) is 0.589. The Morgan fingerprint density at radius 1 is 1.32 bits per heavy atom. The van der Waals surface area contributed by atoms with Crippen LogP contribution in [-0.4, -0.2) is 34.6 Å². The number of nitrogens with zero attached hydrogens (tertiary/aromatic N) is 3. The van der Waals surface area contributed by atoms with Crippen LogP contribution in [0.5, 0.6) is 5.75 Å². The van der Waals surface area contributed by atoms with Gasteiger partial charge in [0.2, 0.25) is 17.6 Å². The van der Waals surface area contributed by atoms with Gasteiger partial charge in [0.1, 0.15) is 11.6 Å². The van der Waals surface area contributed by atoms with Crippen LogP contribution in [-0.2, 0) is 11.3 Å². The van der Waals surface area contributed by atoms with Gasteiger partial charge in [-0.05, 0) is 40.2 Å². The van der Waals surface area contributed by atoms with Gasteiger partial charge in [-0.1, -0.05) is 23.4 Å². The van der Waals surface area contributed by atoms with Crippen LogP contribution in [0.2, 0.25) is 0 Å². The number of amides is 1. The number of halogens is 2. The molecule has 0 saturated carbocycles. The predicted octanol–water partition coefficient (Wildman–Crippen LogP) is 4.16. The molecule has 28 heavy (non-hydrogen) atoms. The van der Waals surface area contributed by atoms with Crippen molar-refractivity contribution in [3.8, 4) is 17.1 Å². The number of methoxy groups -OCH3 is 1. The van der Waals surface area contributed by atoms with Crippen molar-refractivity contribution < 1.29 is 18.4 Å². The van der Waals surface area contributed by atoms with Crippen molar-refractivity contribution in [1.82, 2.24) is 15.0 Å². The molecule has 2 aromatic carbocycles. The minimum atomic E-state index is -0.360. The Hall–Kier alpha value is -2.74. The monoisotopic (exact) mass is 445 g/mol. The van der Waals surface area contributed by atoms with Gasteiger partial charge in [0.15, 0.2) is 0 Å². The van der Waals surface area contributed by atoms with E-state index in [1.165, 1.54) is 6.07 Å². The largest absolute Gasteiger partial charge is 0.496 e. The van der Waals surface area contributed by atoms with E-state index in [-0.39, 0.29) is 17.6 Å². The third kappa shape index (κ3) is 3.64. The molecule has 4 rings (SSSR count). The molecule has 8 heteroatoms. The lowest BCUT2D eigenvalue weighted by Crippen LogP contribution is -2.24. The lowest BCUT2D eigenvalue weighted by Gasteiger charge is -2.17. The molecule has 2 heterocycles. The number of aromatic nitrogens is 2. The van der Waals surface area contributed by atoms with Gasteiger partial charge in [0.25, 0.3) is 0 Å². The molecule has 3 aromatic rings. The van der Waals surface area contributed by atoms with Gasteiger partial charge in [0.05, 0.1) is 17.5 Å². The number of hydrogen-bond donors (Lipinski definition) is 0. The van der Waals surface area contributed by atoms with Crippen molar-refractivity contribution in [3.05, 3.63) is 64.2 Å². The van der Waals surface area contributed by atoms with E-state index in [0.717, 1.165) is 11.3 Å². The molecule has 1 atom stereocenters. The fourth-order valence-corrected chi connectivity index (χ4v) is 3.66. The smallest absolute Gasteiger partial charge is 0.232 e. The van der Waals surface area contributed by atoms with Crippen LogP contribution < -0.4 is 4.74 Å². The molecule has 0 aliphatic carbocycles. The highest BCUT2D eigenvalue weighted by atomic mass is 79.9. The summed E-state index contributed by atoms with van der Waals surface area (Å²) in [5, 5.41) is 3.98. The van der Waals surface area contributed by atoms with E-state index in [1.807, 2.05) is 24.3 Å². The number of benzene rings is 2. The van der Waals surface area contributed by atoms with Crippen molar-refractivity contribution in [2.24, 2.45) is 0 Å². The molecule has 1 aromatic heterocycles. The van der Waals surface area contributed by atoms with Crippen LogP contribution in [0.15, 0.2) is 51.5 Å². The Morgan fingerprint density at radius 3 is 2.93 bits per heavy atom. The minimum Gasteiger partial charge on any atom is -0.496 e. The minimum absolute atomic E-state index is 0.0279. The van der Waals surface area contributed by atoms with E-state index < -0.39 is 0 Å². The number of ether oxygens (including phenoxy) is 1. The zero-order chi connectivity index (χ0) is 19.7. The highest BCUT2D eigenvalue weighted by molar-refractivity contribution is 9.10. The third-order valence-corrected chi connectivity index (χ3v) is 5.34. The lowest BCUT2D eigenvalue weighted by molar-refractivity contribution is -0.128. The topological polar surface area (TPSA) is 68.5 Å². The number of para-hydroxylation sites is 1. The molecule has 1 fully saturated rings. The first kappa shape index (κ1) is 18.6. The molecule has 1 amide bonds. The van der Waals surface area contributed by atoms with Crippen molar-refractivity contribution in [1.29, 1.82) is 0 Å². The first-order valence-electron chi connectivity index (χ1n) is 8.74. The maximum absolute atomic E-state index is 13.4. The van der Waals surface area contributed by atoms with E-state index in [9.17, 15) is 9.18 Å². The highest BCUT2D eigenvalue weighted by Gasteiger charge is 2.34. The zero-order valence-electron chi connectivity index (χ0n) is 15.1. The van der Waals surface area contributed by atoms with Crippen LogP contribution in [0.4, 0.5) is 4.39 Å². The lowest BCUT2D eigenvalue weighted by atomic mass is 10.1. The van der Waals surface area contributed by atoms with Crippen LogP contribution in [0.25, 0.3) is 11.4 Å². The van der Waals surface area contributed by atoms with E-state index in [2.05, 4.69) is 26.1 Å². The summed E-state index contributed by atoms with van der Waals surface area (Å²) in [6, 6.07) is 12.1. The van der Waals surface area contributed by atoms with Crippen LogP contribution in [0.1, 0.15) is 23.8 Å². The molecule has 0 spiro atoms. The van der Waals surface area contributed by atoms with Crippen LogP contribution in [0.3, 0.4) is 0 Å². The fourth-order valence-electron chi connectivity index (χ4n) is 3.28. The second-order valence-electron chi connectivity index (χ2n) is 6.57. The molecule has 1 unspecified atom stereocenters. The first-order valence-corrected chi connectivity index (χ1v) is 9.53. The standard InChI is InChI=1S/C20H17BrFN3O3/c1-27-17-5-3-2-4-13(17)10-25-11-14(9-18(25)26)20-23-19(24-28-20)12-6-7-16(22)15(21)8-12/h2-8,14H,9-11H2,1H3. The molecular formula is C20H17BrFN3O3. The van der Waals surface area contributed by atoms with Gasteiger partial charge in [0, 0.05) is 30.6 Å². The zero-order valence-corrected chi connectivity index (χ0v) is 16.6. The molecule has 0 N–H and O–H groups in total. The van der Waals surface area contributed by atoms with Gasteiger partial charge in [-0.25, -0.2) is 4.39 Å². The van der Waals surface area contributed by atoms with Gasteiger partial charge in [-0.2, -0.15) is 4.98 Å². The Bertz CT molecular complexity index is 1020. The van der Waals surface area contributed by atoms with Crippen molar-refractivity contribution in [3.63, 3.8) is 0 Å². The highest BCUT2D eigenvalue weighted by Crippen LogP contribution is 2.31. The van der Waals surface area contributed by atoms with Crippen molar-refractivity contribution >= 4 is 21.8 Å². The molecular weight excluding hydrogens is 429 g/mol. The van der Waals surface area contributed by atoms with Crippen LogP contribution in [0, 0.1) is 5.82 Å². The maximum Gasteiger partial charge on any atom is 0.232 e. The number of carbonyl (C=O) groups is 1. The summed E-state index contributed by atoms with van der Waals surface area (Å²) in [5.74, 6) is 1.02. The average molecular weight is 446 g/mol. The second kappa shape index (κ2) is 7.71. The molecule has 1 aliphatic rings. The van der Waals surface area contributed by atoms with Gasteiger partial charge >= 0.3 is 0 Å². The molecule has 1 aliphatic heterocycles. The summed E-state index contributed by atoms with van der Waals surface area (Å²) < 4.78 is 24.5. The Balaban J connectivity index is 1.50. The van der Waals surface area contributed by atoms with Crippen LogP contribution >= 0.6 is 15.9 Å². The summed E-state index contributed by atoms with van der Waals surface area (Å²) in [5.41, 5.74) is 1.58. The van der Waals surface area contributed by atoms with Gasteiger partial charge in [-0.15, -0.1) is 0 Å². The molecule has 144 valence electrons. The summed E-state index contributed by atoms with van der Waals surface area (Å²) >= 11 is 3.15. The van der Waals surface area contributed by atoms with Gasteiger partial charge in [-0.3, -0.25) is 4.79 Å². The Labute approximate surface area is 169 Å². The summed E-state index contributed by atoms with van der Waals surface area (Å²) in [6.45, 7) is 0.955. The number of hydrogen-bond acceptors (Lipinski definition) is 5. The summed E-state index contributed by atoms with van der Waals surface area (Å²) in [6.07, 6.45) is 0.309. The maximum atomic E-state index is 13.4.